The summed E-state index contributed by atoms with van der Waals surface area (Å²) in [7, 11) is 0. The molecule has 7 N–H and O–H groups in total. The largest absolute Gasteiger partial charge is 0.419 e. The van der Waals surface area contributed by atoms with Crippen LogP contribution in [0, 0.1) is 0 Å². The van der Waals surface area contributed by atoms with E-state index < -0.39 is 36.6 Å². The summed E-state index contributed by atoms with van der Waals surface area (Å²) in [6.07, 6.45) is -9.07. The standard InChI is InChI=1S/C17H16F3NO.C4H6F3NO.ClH.2H2O.Pd.H2/c18-17(19,20)16(22)11-21(12-16)15(13-7-3-1-4-8-13)14-9-5-2-6-10-14;5-4(6,7)3(9)1-8-2-3;;;;;/h1-10,15,22H,11-12H2;8-9H,1-2H2;1H;2*1H2;;1H. The molecular weight excluding hydrogens is 600 g/mol. The SMILES string of the molecule is Cl.O.O.OC1(C(F)(F)F)CN(C(c2ccccc2)c2ccccc2)C1.OC1(C(F)(F)F)CNC1.[HH].[Pd]. The average molecular weight is 629 g/mol. The summed E-state index contributed by atoms with van der Waals surface area (Å²) in [6.45, 7) is -1.58. The fraction of sp³-hybridized carbons (Fsp3) is 0.429. The third-order valence-electron chi connectivity index (χ3n) is 5.42. The molecule has 2 aromatic carbocycles. The minimum atomic E-state index is -4.60. The van der Waals surface area contributed by atoms with Crippen LogP contribution >= 0.6 is 12.4 Å². The molecule has 0 aromatic heterocycles. The van der Waals surface area contributed by atoms with Crippen molar-refractivity contribution < 1.29 is 69.4 Å². The summed E-state index contributed by atoms with van der Waals surface area (Å²) in [5.41, 5.74) is -3.22. The molecule has 0 unspecified atom stereocenters. The van der Waals surface area contributed by atoms with Crippen LogP contribution in [0.3, 0.4) is 0 Å². The van der Waals surface area contributed by atoms with E-state index in [0.717, 1.165) is 11.1 Å². The van der Waals surface area contributed by atoms with E-state index in [1.165, 1.54) is 0 Å². The number of nitrogens with zero attached hydrogens (tertiary/aromatic N) is 1. The molecule has 14 heteroatoms. The smallest absolute Gasteiger partial charge is 0.412 e. The molecule has 4 rings (SSSR count). The monoisotopic (exact) mass is 628 g/mol. The fourth-order valence-electron chi connectivity index (χ4n) is 3.43. The average Bonchev–Trinajstić information content (AvgIpc) is 2.65. The van der Waals surface area contributed by atoms with Gasteiger partial charge in [-0.05, 0) is 11.1 Å². The predicted octanol–water partition coefficient (Wildman–Crippen LogP) is 2.28. The molecular formula is C21H29ClF6N2O4Pd. The number of nitrogens with one attached hydrogen (secondary N) is 1. The van der Waals surface area contributed by atoms with E-state index in [9.17, 15) is 31.4 Å². The zero-order chi connectivity index (χ0) is 22.9. The summed E-state index contributed by atoms with van der Waals surface area (Å²) >= 11 is 0. The summed E-state index contributed by atoms with van der Waals surface area (Å²) in [6, 6.07) is 18.5. The molecule has 0 atom stereocenters. The zero-order valence-corrected chi connectivity index (χ0v) is 20.4. The molecule has 0 aliphatic carbocycles. The Kier molecular flexibility index (Phi) is 13.7. The van der Waals surface area contributed by atoms with Gasteiger partial charge in [0.15, 0.2) is 11.2 Å². The van der Waals surface area contributed by atoms with Crippen molar-refractivity contribution in [1.29, 1.82) is 0 Å². The van der Waals surface area contributed by atoms with Gasteiger partial charge in [0.25, 0.3) is 0 Å². The van der Waals surface area contributed by atoms with Crippen LogP contribution in [-0.4, -0.2) is 75.8 Å². The van der Waals surface area contributed by atoms with E-state index in [2.05, 4.69) is 5.32 Å². The molecule has 0 radical (unpaired) electrons. The van der Waals surface area contributed by atoms with Gasteiger partial charge in [0.05, 0.1) is 6.04 Å². The third kappa shape index (κ3) is 7.86. The molecule has 35 heavy (non-hydrogen) atoms. The second kappa shape index (κ2) is 13.3. The molecule has 0 bridgehead atoms. The van der Waals surface area contributed by atoms with Gasteiger partial charge in [-0.3, -0.25) is 4.90 Å². The Morgan fingerprint density at radius 3 is 1.31 bits per heavy atom. The molecule has 206 valence electrons. The quantitative estimate of drug-likeness (QED) is 0.357. The number of hydrogen-bond acceptors (Lipinski definition) is 4. The molecule has 0 saturated carbocycles. The van der Waals surface area contributed by atoms with Crippen molar-refractivity contribution in [3.8, 4) is 0 Å². The van der Waals surface area contributed by atoms with E-state index in [4.69, 9.17) is 5.11 Å². The van der Waals surface area contributed by atoms with Crippen molar-refractivity contribution >= 4 is 12.4 Å². The first kappa shape index (κ1) is 35.9. The van der Waals surface area contributed by atoms with Gasteiger partial charge in [-0.2, -0.15) is 26.3 Å². The number of rotatable bonds is 3. The number of hydrogen-bond donors (Lipinski definition) is 3. The minimum Gasteiger partial charge on any atom is -0.412 e. The Hall–Kier alpha value is -1.27. The molecule has 0 spiro atoms. The second-order valence-corrected chi connectivity index (χ2v) is 7.79. The fourth-order valence-corrected chi connectivity index (χ4v) is 3.43. The number of halogens is 7. The van der Waals surface area contributed by atoms with E-state index in [1.807, 2.05) is 60.7 Å². The first-order valence-electron chi connectivity index (χ1n) is 9.49. The predicted molar refractivity (Wildman–Crippen MR) is 118 cm³/mol. The van der Waals surface area contributed by atoms with Gasteiger partial charge in [-0.1, -0.05) is 60.7 Å². The Balaban J connectivity index is -0.000000676. The number of aliphatic hydroxyl groups is 2. The molecule has 2 aliphatic heterocycles. The molecule has 2 saturated heterocycles. The van der Waals surface area contributed by atoms with Crippen LogP contribution in [0.15, 0.2) is 60.7 Å². The first-order chi connectivity index (χ1) is 14.4. The van der Waals surface area contributed by atoms with E-state index >= 15 is 0 Å². The van der Waals surface area contributed by atoms with Crippen LogP contribution in [0.5, 0.6) is 0 Å². The van der Waals surface area contributed by atoms with Crippen molar-refractivity contribution in [3.05, 3.63) is 71.8 Å². The first-order valence-corrected chi connectivity index (χ1v) is 9.49. The van der Waals surface area contributed by atoms with Gasteiger partial charge in [0.2, 0.25) is 0 Å². The van der Waals surface area contributed by atoms with Crippen LogP contribution in [0.1, 0.15) is 18.6 Å². The van der Waals surface area contributed by atoms with Crippen molar-refractivity contribution in [2.75, 3.05) is 26.2 Å². The van der Waals surface area contributed by atoms with Gasteiger partial charge < -0.3 is 26.5 Å². The molecule has 2 aromatic rings. The van der Waals surface area contributed by atoms with Gasteiger partial charge >= 0.3 is 12.4 Å². The number of β-amino-alcohol motifs (C(OH)–C–C–N with tert-alkyl or cyclic N) is 2. The summed E-state index contributed by atoms with van der Waals surface area (Å²) in [5, 5.41) is 20.6. The third-order valence-corrected chi connectivity index (χ3v) is 5.42. The van der Waals surface area contributed by atoms with Gasteiger partial charge in [0, 0.05) is 48.0 Å². The maximum absolute atomic E-state index is 12.8. The maximum Gasteiger partial charge on any atom is 0.419 e. The molecule has 0 amide bonds. The molecule has 2 fully saturated rings. The van der Waals surface area contributed by atoms with Gasteiger partial charge in [-0.15, -0.1) is 12.4 Å². The molecule has 6 nitrogen and oxygen atoms in total. The van der Waals surface area contributed by atoms with E-state index in [0.29, 0.717) is 0 Å². The van der Waals surface area contributed by atoms with Crippen molar-refractivity contribution in [2.45, 2.75) is 29.6 Å². The minimum absolute atomic E-state index is 0. The maximum atomic E-state index is 12.8. The van der Waals surface area contributed by atoms with Crippen LogP contribution in [0.25, 0.3) is 0 Å². The van der Waals surface area contributed by atoms with Crippen LogP contribution < -0.4 is 5.32 Å². The van der Waals surface area contributed by atoms with Crippen LogP contribution in [-0.2, 0) is 20.4 Å². The van der Waals surface area contributed by atoms with Gasteiger partial charge in [0.1, 0.15) is 0 Å². The Morgan fingerprint density at radius 1 is 0.743 bits per heavy atom. The van der Waals surface area contributed by atoms with Crippen molar-refractivity contribution in [1.82, 2.24) is 10.2 Å². The number of likely N-dealkylation sites (tertiary alicyclic amines) is 1. The second-order valence-electron chi connectivity index (χ2n) is 7.79. The number of alkyl halides is 6. The van der Waals surface area contributed by atoms with Crippen LogP contribution in [0.4, 0.5) is 26.3 Å². The van der Waals surface area contributed by atoms with Crippen molar-refractivity contribution in [2.24, 2.45) is 0 Å². The Bertz CT molecular complexity index is 835. The summed E-state index contributed by atoms with van der Waals surface area (Å²) < 4.78 is 73.3. The Morgan fingerprint density at radius 2 is 1.09 bits per heavy atom. The normalized spacial score (nSPS) is 18.0. The Labute approximate surface area is 219 Å². The number of benzene rings is 2. The zero-order valence-electron chi connectivity index (χ0n) is 18.0. The van der Waals surface area contributed by atoms with Crippen LogP contribution in [0.2, 0.25) is 0 Å². The molecule has 2 heterocycles. The van der Waals surface area contributed by atoms with E-state index in [1.54, 1.807) is 4.90 Å². The topological polar surface area (TPSA) is 119 Å². The van der Waals surface area contributed by atoms with Gasteiger partial charge in [-0.25, -0.2) is 0 Å². The summed E-state index contributed by atoms with van der Waals surface area (Å²) in [5.74, 6) is 0. The van der Waals surface area contributed by atoms with E-state index in [-0.39, 0.29) is 64.3 Å². The summed E-state index contributed by atoms with van der Waals surface area (Å²) in [4.78, 5) is 1.65. The van der Waals surface area contributed by atoms with Crippen molar-refractivity contribution in [3.63, 3.8) is 0 Å². The molecule has 2 aliphatic rings.